The van der Waals surface area contributed by atoms with Crippen LogP contribution in [0.15, 0.2) is 37.1 Å². The monoisotopic (exact) mass is 305 g/mol. The lowest BCUT2D eigenvalue weighted by molar-refractivity contribution is -0.385. The van der Waals surface area contributed by atoms with E-state index in [4.69, 9.17) is 11.6 Å². The van der Waals surface area contributed by atoms with Gasteiger partial charge in [0.1, 0.15) is 5.56 Å². The van der Waals surface area contributed by atoms with Crippen molar-refractivity contribution in [3.05, 3.63) is 69.0 Å². The summed E-state index contributed by atoms with van der Waals surface area (Å²) in [6, 6.07) is 3.97. The molecule has 0 radical (unpaired) electrons. The van der Waals surface area contributed by atoms with Gasteiger partial charge in [0.05, 0.1) is 22.7 Å². The maximum atomic E-state index is 12.5. The number of hydrogen-bond acceptors (Lipinski definition) is 4. The summed E-state index contributed by atoms with van der Waals surface area (Å²) in [7, 11) is 0. The summed E-state index contributed by atoms with van der Waals surface area (Å²) >= 11 is 5.74. The van der Waals surface area contributed by atoms with E-state index in [2.05, 4.69) is 11.7 Å². The Kier molecular flexibility index (Phi) is 4.18. The normalized spacial score (nSPS) is 10.4. The molecular weight excluding hydrogens is 294 g/mol. The average molecular weight is 306 g/mol. The minimum absolute atomic E-state index is 0.00865. The molecule has 1 aromatic carbocycles. The molecule has 0 saturated heterocycles. The fourth-order valence-electron chi connectivity index (χ4n) is 1.96. The molecule has 0 N–H and O–H groups in total. The van der Waals surface area contributed by atoms with Gasteiger partial charge in [0.15, 0.2) is 0 Å². The summed E-state index contributed by atoms with van der Waals surface area (Å²) in [5.74, 6) is -0.453. The summed E-state index contributed by atoms with van der Waals surface area (Å²) in [6.45, 7) is 5.73. The first kappa shape index (κ1) is 14.9. The van der Waals surface area contributed by atoms with E-state index in [0.29, 0.717) is 17.8 Å². The van der Waals surface area contributed by atoms with Crippen molar-refractivity contribution in [2.45, 2.75) is 13.5 Å². The highest BCUT2D eigenvalue weighted by Crippen LogP contribution is 2.26. The molecule has 0 spiro atoms. The van der Waals surface area contributed by atoms with Crippen LogP contribution in [0.1, 0.15) is 21.6 Å². The molecule has 2 rings (SSSR count). The van der Waals surface area contributed by atoms with Gasteiger partial charge in [-0.15, -0.1) is 6.58 Å². The number of hydrogen-bond donors (Lipinski definition) is 0. The van der Waals surface area contributed by atoms with Gasteiger partial charge in [0.25, 0.3) is 5.69 Å². The molecule has 108 valence electrons. The third kappa shape index (κ3) is 3.00. The van der Waals surface area contributed by atoms with Crippen LogP contribution in [-0.2, 0) is 6.54 Å². The molecule has 7 heteroatoms. The van der Waals surface area contributed by atoms with Gasteiger partial charge < -0.3 is 0 Å². The van der Waals surface area contributed by atoms with Crippen LogP contribution in [0.25, 0.3) is 0 Å². The van der Waals surface area contributed by atoms with Crippen molar-refractivity contribution >= 4 is 23.1 Å². The summed E-state index contributed by atoms with van der Waals surface area (Å²) in [5.41, 5.74) is 0.502. The maximum absolute atomic E-state index is 12.5. The molecule has 0 fully saturated rings. The van der Waals surface area contributed by atoms with Crippen molar-refractivity contribution < 1.29 is 9.72 Å². The third-order valence-corrected chi connectivity index (χ3v) is 3.14. The van der Waals surface area contributed by atoms with Crippen LogP contribution >= 0.6 is 11.6 Å². The summed E-state index contributed by atoms with van der Waals surface area (Å²) in [6.07, 6.45) is 3.20. The number of aromatic nitrogens is 2. The van der Waals surface area contributed by atoms with Crippen LogP contribution in [0.5, 0.6) is 0 Å². The number of carbonyl (C=O) groups is 1. The second kappa shape index (κ2) is 5.88. The standard InChI is InChI=1S/C14H12ClN3O3/c1-3-6-17-8-12(9(2)16-17)14(19)11-5-4-10(15)7-13(11)18(20)21/h3-5,7-8H,1,6H2,2H3. The minimum atomic E-state index is -0.622. The van der Waals surface area contributed by atoms with Gasteiger partial charge in [-0.2, -0.15) is 5.10 Å². The molecule has 1 heterocycles. The predicted octanol–water partition coefficient (Wildman–Crippen LogP) is 3.17. The first-order valence-corrected chi connectivity index (χ1v) is 6.45. The molecular formula is C14H12ClN3O3. The lowest BCUT2D eigenvalue weighted by Gasteiger charge is -2.02. The van der Waals surface area contributed by atoms with E-state index in [-0.39, 0.29) is 16.3 Å². The Morgan fingerprint density at radius 1 is 1.52 bits per heavy atom. The number of allylic oxidation sites excluding steroid dienone is 1. The quantitative estimate of drug-likeness (QED) is 0.368. The van der Waals surface area contributed by atoms with E-state index < -0.39 is 10.7 Å². The molecule has 0 aliphatic carbocycles. The van der Waals surface area contributed by atoms with E-state index in [1.807, 2.05) is 0 Å². The van der Waals surface area contributed by atoms with Gasteiger partial charge in [0, 0.05) is 17.3 Å². The summed E-state index contributed by atoms with van der Waals surface area (Å²) in [4.78, 5) is 22.9. The molecule has 0 aliphatic heterocycles. The van der Waals surface area contributed by atoms with Crippen molar-refractivity contribution in [1.82, 2.24) is 9.78 Å². The van der Waals surface area contributed by atoms with E-state index in [0.717, 1.165) is 6.07 Å². The van der Waals surface area contributed by atoms with Crippen LogP contribution < -0.4 is 0 Å². The number of nitrogens with zero attached hydrogens (tertiary/aromatic N) is 3. The van der Waals surface area contributed by atoms with Gasteiger partial charge in [-0.05, 0) is 19.1 Å². The summed E-state index contributed by atoms with van der Waals surface area (Å²) in [5, 5.41) is 15.4. The average Bonchev–Trinajstić information content (AvgIpc) is 2.79. The molecule has 0 unspecified atom stereocenters. The van der Waals surface area contributed by atoms with Crippen LogP contribution in [0, 0.1) is 17.0 Å². The van der Waals surface area contributed by atoms with Crippen LogP contribution in [0.3, 0.4) is 0 Å². The largest absolute Gasteiger partial charge is 0.288 e. The van der Waals surface area contributed by atoms with Gasteiger partial charge in [-0.3, -0.25) is 19.6 Å². The zero-order valence-corrected chi connectivity index (χ0v) is 12.0. The van der Waals surface area contributed by atoms with E-state index in [9.17, 15) is 14.9 Å². The predicted molar refractivity (Wildman–Crippen MR) is 78.7 cm³/mol. The highest BCUT2D eigenvalue weighted by Gasteiger charge is 2.24. The lowest BCUT2D eigenvalue weighted by atomic mass is 10.0. The molecule has 21 heavy (non-hydrogen) atoms. The van der Waals surface area contributed by atoms with Crippen molar-refractivity contribution in [2.75, 3.05) is 0 Å². The Balaban J connectivity index is 2.49. The number of rotatable bonds is 5. The zero-order valence-electron chi connectivity index (χ0n) is 11.2. The lowest BCUT2D eigenvalue weighted by Crippen LogP contribution is -2.06. The minimum Gasteiger partial charge on any atom is -0.288 e. The summed E-state index contributed by atoms with van der Waals surface area (Å²) < 4.78 is 1.55. The molecule has 2 aromatic rings. The van der Waals surface area contributed by atoms with Crippen molar-refractivity contribution in [1.29, 1.82) is 0 Å². The van der Waals surface area contributed by atoms with Gasteiger partial charge in [0.2, 0.25) is 5.78 Å². The molecule has 0 amide bonds. The Morgan fingerprint density at radius 3 is 2.86 bits per heavy atom. The number of ketones is 1. The van der Waals surface area contributed by atoms with E-state index in [1.54, 1.807) is 23.9 Å². The number of halogens is 1. The molecule has 0 bridgehead atoms. The highest BCUT2D eigenvalue weighted by atomic mass is 35.5. The third-order valence-electron chi connectivity index (χ3n) is 2.91. The van der Waals surface area contributed by atoms with Gasteiger partial charge in [-0.1, -0.05) is 17.7 Å². The Morgan fingerprint density at radius 2 is 2.24 bits per heavy atom. The first-order chi connectivity index (χ1) is 9.93. The fraction of sp³-hybridized carbons (Fsp3) is 0.143. The SMILES string of the molecule is C=CCn1cc(C(=O)c2ccc(Cl)cc2[N+](=O)[O-])c(C)n1. The smallest absolute Gasteiger partial charge is 0.282 e. The maximum Gasteiger partial charge on any atom is 0.282 e. The number of aryl methyl sites for hydroxylation is 1. The van der Waals surface area contributed by atoms with E-state index in [1.165, 1.54) is 12.1 Å². The number of nitro benzene ring substituents is 1. The zero-order chi connectivity index (χ0) is 15.6. The number of carbonyl (C=O) groups excluding carboxylic acids is 1. The molecule has 1 aromatic heterocycles. The van der Waals surface area contributed by atoms with Gasteiger partial charge >= 0.3 is 0 Å². The Bertz CT molecular complexity index is 737. The highest BCUT2D eigenvalue weighted by molar-refractivity contribution is 6.31. The molecule has 6 nitrogen and oxygen atoms in total. The van der Waals surface area contributed by atoms with E-state index >= 15 is 0 Å². The Hall–Kier alpha value is -2.47. The number of benzene rings is 1. The molecule has 0 atom stereocenters. The van der Waals surface area contributed by atoms with Crippen LogP contribution in [0.2, 0.25) is 5.02 Å². The molecule has 0 saturated carbocycles. The second-order valence-corrected chi connectivity index (χ2v) is 4.82. The van der Waals surface area contributed by atoms with Crippen LogP contribution in [-0.4, -0.2) is 20.5 Å². The fourth-order valence-corrected chi connectivity index (χ4v) is 2.13. The van der Waals surface area contributed by atoms with Gasteiger partial charge in [-0.25, -0.2) is 0 Å². The number of nitro groups is 1. The van der Waals surface area contributed by atoms with Crippen molar-refractivity contribution in [3.8, 4) is 0 Å². The van der Waals surface area contributed by atoms with Crippen molar-refractivity contribution in [2.24, 2.45) is 0 Å². The Labute approximate surface area is 125 Å². The molecule has 0 aliphatic rings. The first-order valence-electron chi connectivity index (χ1n) is 6.07. The van der Waals surface area contributed by atoms with Crippen LogP contribution in [0.4, 0.5) is 5.69 Å². The topological polar surface area (TPSA) is 78.0 Å². The second-order valence-electron chi connectivity index (χ2n) is 4.39. The van der Waals surface area contributed by atoms with Crippen molar-refractivity contribution in [3.63, 3.8) is 0 Å².